The highest BCUT2D eigenvalue weighted by molar-refractivity contribution is 6.40. The van der Waals surface area contributed by atoms with E-state index in [-0.39, 0.29) is 33.9 Å². The molecule has 1 unspecified atom stereocenters. The second kappa shape index (κ2) is 13.6. The van der Waals surface area contributed by atoms with Gasteiger partial charge in [0.05, 0.1) is 22.5 Å². The zero-order valence-corrected chi connectivity index (χ0v) is 23.8. The number of benzene rings is 3. The number of carbonyl (C=O) groups is 5. The van der Waals surface area contributed by atoms with E-state index < -0.39 is 41.2 Å². The SMILES string of the molecule is CNC(=O)c1ccc(Cl)cc1NC(=O)C(=O)NC(Cc1ccccc1)C(=O)Nc1ccccc1C(=O)OC(C)(C)C. The van der Waals surface area contributed by atoms with Crippen molar-refractivity contribution in [3.63, 3.8) is 0 Å². The smallest absolute Gasteiger partial charge is 0.340 e. The van der Waals surface area contributed by atoms with Crippen LogP contribution in [0.2, 0.25) is 5.02 Å². The monoisotopic (exact) mass is 578 g/mol. The third-order valence-electron chi connectivity index (χ3n) is 5.62. The topological polar surface area (TPSA) is 143 Å². The Kier molecular flexibility index (Phi) is 10.2. The van der Waals surface area contributed by atoms with Gasteiger partial charge in [0.25, 0.3) is 5.91 Å². The lowest BCUT2D eigenvalue weighted by molar-refractivity contribution is -0.137. The molecule has 10 nitrogen and oxygen atoms in total. The maximum atomic E-state index is 13.4. The molecule has 41 heavy (non-hydrogen) atoms. The summed E-state index contributed by atoms with van der Waals surface area (Å²) in [6, 6.07) is 18.2. The van der Waals surface area contributed by atoms with Crippen molar-refractivity contribution in [3.8, 4) is 0 Å². The van der Waals surface area contributed by atoms with E-state index in [1.807, 2.05) is 0 Å². The van der Waals surface area contributed by atoms with E-state index >= 15 is 0 Å². The number of nitrogens with one attached hydrogen (secondary N) is 4. The van der Waals surface area contributed by atoms with Gasteiger partial charge in [0, 0.05) is 18.5 Å². The highest BCUT2D eigenvalue weighted by atomic mass is 35.5. The summed E-state index contributed by atoms with van der Waals surface area (Å²) in [5, 5.41) is 10.2. The molecule has 214 valence electrons. The zero-order chi connectivity index (χ0) is 30.2. The molecule has 0 heterocycles. The van der Waals surface area contributed by atoms with Crippen LogP contribution in [-0.2, 0) is 25.5 Å². The quantitative estimate of drug-likeness (QED) is 0.235. The number of ether oxygens (including phenoxy) is 1. The molecule has 0 aliphatic heterocycles. The first-order chi connectivity index (χ1) is 19.4. The largest absolute Gasteiger partial charge is 0.456 e. The molecule has 0 bridgehead atoms. The van der Waals surface area contributed by atoms with Crippen molar-refractivity contribution in [3.05, 3.63) is 94.5 Å². The number of halogens is 1. The summed E-state index contributed by atoms with van der Waals surface area (Å²) in [6.07, 6.45) is 0.0426. The number of hydrogen-bond donors (Lipinski definition) is 4. The molecule has 0 spiro atoms. The fraction of sp³-hybridized carbons (Fsp3) is 0.233. The van der Waals surface area contributed by atoms with Gasteiger partial charge in [-0.15, -0.1) is 0 Å². The Labute approximate surface area is 242 Å². The van der Waals surface area contributed by atoms with Crippen LogP contribution in [0.3, 0.4) is 0 Å². The van der Waals surface area contributed by atoms with Crippen LogP contribution in [0.25, 0.3) is 0 Å². The fourth-order valence-electron chi connectivity index (χ4n) is 3.74. The second-order valence-corrected chi connectivity index (χ2v) is 10.4. The van der Waals surface area contributed by atoms with E-state index in [2.05, 4.69) is 21.3 Å². The van der Waals surface area contributed by atoms with Crippen LogP contribution in [-0.4, -0.2) is 48.3 Å². The van der Waals surface area contributed by atoms with Crippen molar-refractivity contribution in [2.75, 3.05) is 17.7 Å². The summed E-state index contributed by atoms with van der Waals surface area (Å²) < 4.78 is 5.45. The summed E-state index contributed by atoms with van der Waals surface area (Å²) in [5.74, 6) is -4.03. The lowest BCUT2D eigenvalue weighted by Crippen LogP contribution is -2.49. The van der Waals surface area contributed by atoms with Crippen LogP contribution < -0.4 is 21.3 Å². The summed E-state index contributed by atoms with van der Waals surface area (Å²) in [6.45, 7) is 5.18. The molecule has 1 atom stereocenters. The summed E-state index contributed by atoms with van der Waals surface area (Å²) in [7, 11) is 1.42. The van der Waals surface area contributed by atoms with Gasteiger partial charge in [0.15, 0.2) is 0 Å². The van der Waals surface area contributed by atoms with Gasteiger partial charge < -0.3 is 26.0 Å². The minimum absolute atomic E-state index is 0.0207. The lowest BCUT2D eigenvalue weighted by Gasteiger charge is -2.22. The third-order valence-corrected chi connectivity index (χ3v) is 5.85. The molecule has 0 aliphatic carbocycles. The van der Waals surface area contributed by atoms with Crippen molar-refractivity contribution < 1.29 is 28.7 Å². The molecule has 4 N–H and O–H groups in total. The fourth-order valence-corrected chi connectivity index (χ4v) is 3.91. The van der Waals surface area contributed by atoms with Crippen LogP contribution in [0.1, 0.15) is 47.1 Å². The van der Waals surface area contributed by atoms with Gasteiger partial charge in [-0.05, 0) is 56.7 Å². The van der Waals surface area contributed by atoms with Gasteiger partial charge in [-0.3, -0.25) is 19.2 Å². The zero-order valence-electron chi connectivity index (χ0n) is 23.0. The van der Waals surface area contributed by atoms with E-state index in [9.17, 15) is 24.0 Å². The van der Waals surface area contributed by atoms with Crippen molar-refractivity contribution in [2.45, 2.75) is 38.8 Å². The number of hydrogen-bond acceptors (Lipinski definition) is 6. The van der Waals surface area contributed by atoms with Crippen molar-refractivity contribution in [1.29, 1.82) is 0 Å². The number of esters is 1. The van der Waals surface area contributed by atoms with Crippen LogP contribution in [0.5, 0.6) is 0 Å². The Morgan fingerprint density at radius 1 is 0.805 bits per heavy atom. The molecule has 0 radical (unpaired) electrons. The first-order valence-corrected chi connectivity index (χ1v) is 13.1. The number of anilines is 2. The molecule has 0 aliphatic rings. The predicted molar refractivity (Wildman–Crippen MR) is 156 cm³/mol. The predicted octanol–water partition coefficient (Wildman–Crippen LogP) is 3.96. The van der Waals surface area contributed by atoms with Crippen LogP contribution >= 0.6 is 11.6 Å². The Morgan fingerprint density at radius 2 is 1.46 bits per heavy atom. The standard InChI is InChI=1S/C30H31ClN4O6/c1-30(2,3)41-29(40)21-12-8-9-13-22(21)33-26(37)24(16-18-10-6-5-7-11-18)35-28(39)27(38)34-23-17-19(31)14-15-20(23)25(36)32-4/h5-15,17,24H,16H2,1-4H3,(H,32,36)(H,33,37)(H,34,38)(H,35,39). The molecule has 0 saturated heterocycles. The molecule has 3 aromatic carbocycles. The Balaban J connectivity index is 1.83. The van der Waals surface area contributed by atoms with Crippen LogP contribution in [0, 0.1) is 0 Å². The highest BCUT2D eigenvalue weighted by Crippen LogP contribution is 2.22. The average Bonchev–Trinajstić information content (AvgIpc) is 2.92. The minimum atomic E-state index is -1.21. The maximum Gasteiger partial charge on any atom is 0.340 e. The van der Waals surface area contributed by atoms with Crippen molar-refractivity contribution >= 4 is 52.6 Å². The van der Waals surface area contributed by atoms with Crippen molar-refractivity contribution in [1.82, 2.24) is 10.6 Å². The minimum Gasteiger partial charge on any atom is -0.456 e. The molecular weight excluding hydrogens is 548 g/mol. The molecule has 11 heteroatoms. The van der Waals surface area contributed by atoms with Gasteiger partial charge in [-0.2, -0.15) is 0 Å². The Morgan fingerprint density at radius 3 is 2.12 bits per heavy atom. The van der Waals surface area contributed by atoms with Gasteiger partial charge in [0.2, 0.25) is 5.91 Å². The average molecular weight is 579 g/mol. The molecule has 0 fully saturated rings. The summed E-state index contributed by atoms with van der Waals surface area (Å²) in [5.41, 5.74) is 0.373. The highest BCUT2D eigenvalue weighted by Gasteiger charge is 2.27. The number of amides is 4. The number of rotatable bonds is 8. The summed E-state index contributed by atoms with van der Waals surface area (Å²) in [4.78, 5) is 64.2. The van der Waals surface area contributed by atoms with Gasteiger partial charge in [-0.25, -0.2) is 4.79 Å². The molecule has 0 aromatic heterocycles. The first kappa shape index (κ1) is 30.8. The van der Waals surface area contributed by atoms with Crippen LogP contribution in [0.4, 0.5) is 11.4 Å². The molecule has 3 rings (SSSR count). The summed E-state index contributed by atoms with van der Waals surface area (Å²) >= 11 is 6.02. The van der Waals surface area contributed by atoms with Gasteiger partial charge >= 0.3 is 17.8 Å². The van der Waals surface area contributed by atoms with Crippen molar-refractivity contribution in [2.24, 2.45) is 0 Å². The molecule has 4 amide bonds. The van der Waals surface area contributed by atoms with Gasteiger partial charge in [-0.1, -0.05) is 54.1 Å². The Bertz CT molecular complexity index is 1450. The normalized spacial score (nSPS) is 11.5. The van der Waals surface area contributed by atoms with E-state index in [4.69, 9.17) is 16.3 Å². The Hall–Kier alpha value is -4.70. The number of carbonyl (C=O) groups excluding carboxylic acids is 5. The molecular formula is C30H31ClN4O6. The maximum absolute atomic E-state index is 13.4. The van der Waals surface area contributed by atoms with Crippen LogP contribution in [0.15, 0.2) is 72.8 Å². The first-order valence-electron chi connectivity index (χ1n) is 12.7. The van der Waals surface area contributed by atoms with E-state index in [0.717, 1.165) is 0 Å². The molecule has 3 aromatic rings. The van der Waals surface area contributed by atoms with E-state index in [1.165, 1.54) is 37.4 Å². The third kappa shape index (κ3) is 8.91. The lowest BCUT2D eigenvalue weighted by atomic mass is 10.0. The second-order valence-electron chi connectivity index (χ2n) is 9.98. The van der Waals surface area contributed by atoms with E-state index in [0.29, 0.717) is 5.56 Å². The molecule has 0 saturated carbocycles. The number of para-hydroxylation sites is 1. The van der Waals surface area contributed by atoms with Gasteiger partial charge in [0.1, 0.15) is 11.6 Å². The van der Waals surface area contributed by atoms with E-state index in [1.54, 1.807) is 63.2 Å².